The minimum atomic E-state index is -1.26. The summed E-state index contributed by atoms with van der Waals surface area (Å²) in [4.78, 5) is 21.9. The smallest absolute Gasteiger partial charge is 0.328 e. The lowest BCUT2D eigenvalue weighted by molar-refractivity contribution is -0.134. The lowest BCUT2D eigenvalue weighted by Crippen LogP contribution is -2.44. The van der Waals surface area contributed by atoms with Crippen LogP contribution in [0.1, 0.15) is 58.4 Å². The largest absolute Gasteiger partial charge is 0.478 e. The Bertz CT molecular complexity index is 948. The number of carbonyl (C=O) groups is 2. The van der Waals surface area contributed by atoms with Crippen molar-refractivity contribution < 1.29 is 19.8 Å². The van der Waals surface area contributed by atoms with Crippen molar-refractivity contribution in [2.75, 3.05) is 19.6 Å². The zero-order chi connectivity index (χ0) is 26.4. The molecule has 0 spiro atoms. The van der Waals surface area contributed by atoms with Crippen LogP contribution >= 0.6 is 0 Å². The predicted molar refractivity (Wildman–Crippen MR) is 146 cm³/mol. The summed E-state index contributed by atoms with van der Waals surface area (Å²) < 4.78 is 0. The molecule has 6 nitrogen and oxygen atoms in total. The number of aliphatic carboxylic acids is 2. The monoisotopic (exact) mass is 494 g/mol. The quantitative estimate of drug-likeness (QED) is 0.340. The molecule has 2 aromatic rings. The van der Waals surface area contributed by atoms with Crippen LogP contribution in [0, 0.1) is 5.41 Å². The molecule has 0 radical (unpaired) electrons. The molecule has 0 bridgehead atoms. The maximum Gasteiger partial charge on any atom is 0.328 e. The van der Waals surface area contributed by atoms with Crippen LogP contribution in [0.15, 0.2) is 66.7 Å². The third kappa shape index (κ3) is 9.96. The molecule has 1 saturated heterocycles. The van der Waals surface area contributed by atoms with Crippen LogP contribution in [0.4, 0.5) is 0 Å². The number of hydrogen-bond donors (Lipinski definition) is 3. The molecule has 0 amide bonds. The second-order valence-electron chi connectivity index (χ2n) is 9.75. The Labute approximate surface area is 216 Å². The Balaban J connectivity index is 0.000000493. The maximum atomic E-state index is 9.55. The van der Waals surface area contributed by atoms with Gasteiger partial charge in [0.15, 0.2) is 0 Å². The average Bonchev–Trinajstić information content (AvgIpc) is 2.91. The molecule has 36 heavy (non-hydrogen) atoms. The summed E-state index contributed by atoms with van der Waals surface area (Å²) in [6.07, 6.45) is 7.47. The summed E-state index contributed by atoms with van der Waals surface area (Å²) in [6.45, 7) is 11.7. The minimum Gasteiger partial charge on any atom is -0.478 e. The molecular formula is C30H42N2O4. The van der Waals surface area contributed by atoms with Crippen LogP contribution in [0.5, 0.6) is 0 Å². The van der Waals surface area contributed by atoms with Crippen LogP contribution in [0.3, 0.4) is 0 Å². The number of piperidine rings is 1. The van der Waals surface area contributed by atoms with Crippen molar-refractivity contribution in [3.8, 4) is 11.1 Å². The fourth-order valence-electron chi connectivity index (χ4n) is 4.50. The van der Waals surface area contributed by atoms with E-state index < -0.39 is 11.9 Å². The number of hydrogen-bond acceptors (Lipinski definition) is 4. The first-order valence-corrected chi connectivity index (χ1v) is 13.0. The number of nitrogens with zero attached hydrogens (tertiary/aromatic N) is 1. The molecule has 1 aliphatic heterocycles. The van der Waals surface area contributed by atoms with E-state index >= 15 is 0 Å². The van der Waals surface area contributed by atoms with Crippen LogP contribution < -0.4 is 5.32 Å². The first-order valence-electron chi connectivity index (χ1n) is 13.0. The average molecular weight is 495 g/mol. The van der Waals surface area contributed by atoms with Gasteiger partial charge in [0.05, 0.1) is 0 Å². The van der Waals surface area contributed by atoms with Gasteiger partial charge in [-0.2, -0.15) is 0 Å². The highest BCUT2D eigenvalue weighted by atomic mass is 16.4. The Hall–Kier alpha value is -2.96. The zero-order valence-electron chi connectivity index (χ0n) is 22.0. The summed E-state index contributed by atoms with van der Waals surface area (Å²) in [7, 11) is 0. The van der Waals surface area contributed by atoms with E-state index in [0.717, 1.165) is 19.6 Å². The molecule has 1 heterocycles. The highest BCUT2D eigenvalue weighted by Gasteiger charge is 2.26. The van der Waals surface area contributed by atoms with Gasteiger partial charge < -0.3 is 15.5 Å². The Morgan fingerprint density at radius 2 is 1.50 bits per heavy atom. The van der Waals surface area contributed by atoms with Gasteiger partial charge in [0, 0.05) is 24.7 Å². The van der Waals surface area contributed by atoms with Gasteiger partial charge in [-0.25, -0.2) is 9.59 Å². The number of carboxylic acid groups (broad SMARTS) is 2. The molecule has 1 aliphatic rings. The van der Waals surface area contributed by atoms with Crippen LogP contribution in [0.25, 0.3) is 11.1 Å². The van der Waals surface area contributed by atoms with Crippen LogP contribution in [0.2, 0.25) is 0 Å². The maximum absolute atomic E-state index is 9.55. The van der Waals surface area contributed by atoms with Crippen molar-refractivity contribution in [3.63, 3.8) is 0 Å². The van der Waals surface area contributed by atoms with Crippen LogP contribution in [-0.4, -0.2) is 52.7 Å². The second-order valence-corrected chi connectivity index (χ2v) is 9.75. The fourth-order valence-corrected chi connectivity index (χ4v) is 4.50. The third-order valence-electron chi connectivity index (χ3n) is 7.38. The van der Waals surface area contributed by atoms with E-state index in [0.29, 0.717) is 23.6 Å². The summed E-state index contributed by atoms with van der Waals surface area (Å²) >= 11 is 0. The first-order chi connectivity index (χ1) is 17.3. The SMILES string of the molecule is CCC(C)(CC)CCN(Cc1ccccc1-c1ccccc1)C1CCNCC1.O=C(O)C=CC(=O)O. The van der Waals surface area contributed by atoms with E-state index in [-0.39, 0.29) is 0 Å². The van der Waals surface area contributed by atoms with Crippen molar-refractivity contribution in [1.82, 2.24) is 10.2 Å². The predicted octanol–water partition coefficient (Wildman–Crippen LogP) is 5.84. The van der Waals surface area contributed by atoms with E-state index in [1.165, 1.54) is 55.3 Å². The third-order valence-corrected chi connectivity index (χ3v) is 7.38. The van der Waals surface area contributed by atoms with Gasteiger partial charge >= 0.3 is 11.9 Å². The number of rotatable bonds is 11. The highest BCUT2D eigenvalue weighted by molar-refractivity contribution is 5.89. The van der Waals surface area contributed by atoms with E-state index in [9.17, 15) is 9.59 Å². The summed E-state index contributed by atoms with van der Waals surface area (Å²) in [5.41, 5.74) is 4.64. The number of benzene rings is 2. The van der Waals surface area contributed by atoms with Gasteiger partial charge in [0.2, 0.25) is 0 Å². The summed E-state index contributed by atoms with van der Waals surface area (Å²) in [5.74, 6) is -2.51. The first kappa shape index (κ1) is 29.3. The second kappa shape index (κ2) is 15.2. The molecule has 0 atom stereocenters. The van der Waals surface area contributed by atoms with Gasteiger partial charge in [-0.05, 0) is 61.0 Å². The van der Waals surface area contributed by atoms with E-state index in [2.05, 4.69) is 85.6 Å². The van der Waals surface area contributed by atoms with Gasteiger partial charge in [-0.15, -0.1) is 0 Å². The lowest BCUT2D eigenvalue weighted by atomic mass is 9.81. The Kier molecular flexibility index (Phi) is 12.4. The molecule has 1 fully saturated rings. The van der Waals surface area contributed by atoms with Crippen molar-refractivity contribution in [2.45, 2.75) is 65.5 Å². The Morgan fingerprint density at radius 1 is 0.944 bits per heavy atom. The van der Waals surface area contributed by atoms with E-state index in [1.54, 1.807) is 0 Å². The molecule has 196 valence electrons. The van der Waals surface area contributed by atoms with Crippen molar-refractivity contribution in [1.29, 1.82) is 0 Å². The van der Waals surface area contributed by atoms with Gasteiger partial charge in [-0.1, -0.05) is 88.2 Å². The molecule has 0 aromatic heterocycles. The lowest BCUT2D eigenvalue weighted by Gasteiger charge is -2.38. The number of nitrogens with one attached hydrogen (secondary N) is 1. The van der Waals surface area contributed by atoms with E-state index in [1.807, 2.05) is 0 Å². The van der Waals surface area contributed by atoms with Crippen molar-refractivity contribution in [2.24, 2.45) is 5.41 Å². The molecule has 3 N–H and O–H groups in total. The Morgan fingerprint density at radius 3 is 2.06 bits per heavy atom. The van der Waals surface area contributed by atoms with Gasteiger partial charge in [0.1, 0.15) is 0 Å². The molecule has 0 unspecified atom stereocenters. The number of carboxylic acids is 2. The van der Waals surface area contributed by atoms with Crippen molar-refractivity contribution >= 4 is 11.9 Å². The molecule has 0 saturated carbocycles. The normalized spacial score (nSPS) is 14.4. The molecule has 6 heteroatoms. The van der Waals surface area contributed by atoms with Gasteiger partial charge in [-0.3, -0.25) is 4.90 Å². The fraction of sp³-hybridized carbons (Fsp3) is 0.467. The van der Waals surface area contributed by atoms with Gasteiger partial charge in [0.25, 0.3) is 0 Å². The van der Waals surface area contributed by atoms with Crippen LogP contribution in [-0.2, 0) is 16.1 Å². The zero-order valence-corrected chi connectivity index (χ0v) is 22.0. The molecular weight excluding hydrogens is 452 g/mol. The molecule has 2 aromatic carbocycles. The highest BCUT2D eigenvalue weighted by Crippen LogP contribution is 2.32. The summed E-state index contributed by atoms with van der Waals surface area (Å²) in [6, 6.07) is 20.5. The summed E-state index contributed by atoms with van der Waals surface area (Å²) in [5, 5.41) is 19.2. The minimum absolute atomic E-state index is 0.462. The molecule has 0 aliphatic carbocycles. The standard InChI is InChI=1S/C26H38N2.C4H4O4/c1-4-26(3,5-2)17-20-28(24-15-18-27-19-16-24)21-23-13-9-10-14-25(23)22-11-7-6-8-12-22;5-3(6)1-2-4(7)8/h6-14,24,27H,4-5,15-21H2,1-3H3;1-2H,(H,5,6)(H,7,8). The topological polar surface area (TPSA) is 89.9 Å². The van der Waals surface area contributed by atoms with Crippen molar-refractivity contribution in [3.05, 3.63) is 72.3 Å². The molecule has 3 rings (SSSR count). The van der Waals surface area contributed by atoms with E-state index in [4.69, 9.17) is 10.2 Å².